The summed E-state index contributed by atoms with van der Waals surface area (Å²) < 4.78 is 11.7. The van der Waals surface area contributed by atoms with Gasteiger partial charge in [0.15, 0.2) is 17.5 Å². The van der Waals surface area contributed by atoms with E-state index in [0.717, 1.165) is 28.2 Å². The number of halogens is 1. The quantitative estimate of drug-likeness (QED) is 0.384. The molecule has 0 amide bonds. The van der Waals surface area contributed by atoms with Gasteiger partial charge in [-0.1, -0.05) is 26.0 Å². The van der Waals surface area contributed by atoms with Crippen LogP contribution in [0.25, 0.3) is 0 Å². The van der Waals surface area contributed by atoms with Gasteiger partial charge in [0, 0.05) is 18.3 Å². The van der Waals surface area contributed by atoms with Crippen molar-refractivity contribution in [1.82, 2.24) is 15.6 Å². The van der Waals surface area contributed by atoms with Crippen LogP contribution in [0.1, 0.15) is 30.5 Å². The number of nitrogens with zero attached hydrogens (tertiary/aromatic N) is 2. The predicted octanol–water partition coefficient (Wildman–Crippen LogP) is 3.39. The number of hydrogen-bond acceptors (Lipinski definition) is 5. The molecule has 6 nitrogen and oxygen atoms in total. The fourth-order valence-electron chi connectivity index (χ4n) is 2.44. The van der Waals surface area contributed by atoms with Gasteiger partial charge >= 0.3 is 0 Å². The van der Waals surface area contributed by atoms with E-state index in [9.17, 15) is 0 Å². The Morgan fingerprint density at radius 2 is 2.08 bits per heavy atom. The third-order valence-corrected chi connectivity index (χ3v) is 4.98. The molecule has 0 fully saturated rings. The van der Waals surface area contributed by atoms with Crippen LogP contribution in [0.4, 0.5) is 0 Å². The van der Waals surface area contributed by atoms with E-state index in [-0.39, 0.29) is 30.1 Å². The zero-order valence-corrected chi connectivity index (χ0v) is 18.3. The molecule has 2 aromatic rings. The lowest BCUT2D eigenvalue weighted by atomic mass is 10.2. The minimum absolute atomic E-state index is 0. The van der Waals surface area contributed by atoms with Crippen LogP contribution in [0.5, 0.6) is 11.5 Å². The van der Waals surface area contributed by atoms with E-state index in [1.165, 1.54) is 0 Å². The highest BCUT2D eigenvalue weighted by Gasteiger charge is 2.20. The third-order valence-electron chi connectivity index (χ3n) is 3.79. The lowest BCUT2D eigenvalue weighted by molar-refractivity contribution is 0.0936. The average Bonchev–Trinajstić information content (AvgIpc) is 3.11. The highest BCUT2D eigenvalue weighted by molar-refractivity contribution is 14.0. The zero-order chi connectivity index (χ0) is 17.6. The number of aliphatic imine (C=N–C) groups is 1. The molecule has 2 heterocycles. The molecular formula is C18H25IN4O2S. The molecule has 3 rings (SSSR count). The maximum absolute atomic E-state index is 5.94. The van der Waals surface area contributed by atoms with Crippen LogP contribution in [0.2, 0.25) is 0 Å². The van der Waals surface area contributed by atoms with Gasteiger partial charge in [0.1, 0.15) is 12.7 Å². The summed E-state index contributed by atoms with van der Waals surface area (Å²) in [7, 11) is 1.75. The maximum atomic E-state index is 5.94. The molecular weight excluding hydrogens is 463 g/mol. The normalized spacial score (nSPS) is 16.2. The average molecular weight is 488 g/mol. The molecule has 1 aromatic heterocycles. The van der Waals surface area contributed by atoms with Crippen LogP contribution in [0.3, 0.4) is 0 Å². The summed E-state index contributed by atoms with van der Waals surface area (Å²) >= 11 is 1.70. The second-order valence-electron chi connectivity index (χ2n) is 6.14. The van der Waals surface area contributed by atoms with Crippen LogP contribution >= 0.6 is 35.3 Å². The van der Waals surface area contributed by atoms with E-state index >= 15 is 0 Å². The largest absolute Gasteiger partial charge is 0.486 e. The molecule has 0 aliphatic carbocycles. The maximum Gasteiger partial charge on any atom is 0.191 e. The van der Waals surface area contributed by atoms with Crippen molar-refractivity contribution in [3.8, 4) is 11.5 Å². The second-order valence-corrected chi connectivity index (χ2v) is 7.03. The summed E-state index contributed by atoms with van der Waals surface area (Å²) in [5, 5.41) is 9.81. The number of rotatable bonds is 5. The van der Waals surface area contributed by atoms with Gasteiger partial charge in [-0.25, -0.2) is 4.98 Å². The Hall–Kier alpha value is -1.55. The predicted molar refractivity (Wildman–Crippen MR) is 116 cm³/mol. The van der Waals surface area contributed by atoms with Gasteiger partial charge in [-0.2, -0.15) is 0 Å². The number of fused-ring (bicyclic) bond motifs is 1. The Bertz CT molecular complexity index is 735. The van der Waals surface area contributed by atoms with Crippen LogP contribution in [-0.4, -0.2) is 37.2 Å². The van der Waals surface area contributed by atoms with Crippen LogP contribution < -0.4 is 20.1 Å². The van der Waals surface area contributed by atoms with Crippen molar-refractivity contribution in [3.05, 3.63) is 40.3 Å². The number of para-hydroxylation sites is 2. The lowest BCUT2D eigenvalue weighted by Gasteiger charge is -2.27. The number of guanidine groups is 1. The standard InChI is InChI=1S/C18H24N4O2S.HI/c1-12(2)17-22-13(11-25-17)8-20-18(19-3)21-9-14-10-23-15-6-4-5-7-16(15)24-14;/h4-7,11-12,14H,8-10H2,1-3H3,(H2,19,20,21);1H. The minimum Gasteiger partial charge on any atom is -0.486 e. The van der Waals surface area contributed by atoms with Crippen LogP contribution in [-0.2, 0) is 6.54 Å². The van der Waals surface area contributed by atoms with Gasteiger partial charge in [0.2, 0.25) is 0 Å². The first-order valence-corrected chi connectivity index (χ1v) is 9.31. The number of benzene rings is 1. The third kappa shape index (κ3) is 5.47. The summed E-state index contributed by atoms with van der Waals surface area (Å²) in [6, 6.07) is 7.72. The molecule has 0 spiro atoms. The van der Waals surface area contributed by atoms with E-state index in [0.29, 0.717) is 25.6 Å². The molecule has 1 unspecified atom stereocenters. The first-order valence-electron chi connectivity index (χ1n) is 8.43. The molecule has 26 heavy (non-hydrogen) atoms. The van der Waals surface area contributed by atoms with Crippen molar-refractivity contribution < 1.29 is 9.47 Å². The van der Waals surface area contributed by atoms with Gasteiger partial charge in [-0.05, 0) is 12.1 Å². The van der Waals surface area contributed by atoms with Crippen LogP contribution in [0, 0.1) is 0 Å². The SMILES string of the molecule is CN=C(NCc1csc(C(C)C)n1)NCC1COc2ccccc2O1.I. The van der Waals surface area contributed by atoms with Gasteiger partial charge in [-0.3, -0.25) is 4.99 Å². The number of nitrogens with one attached hydrogen (secondary N) is 2. The van der Waals surface area contributed by atoms with Gasteiger partial charge in [0.05, 0.1) is 23.8 Å². The Balaban J connectivity index is 0.00000243. The molecule has 8 heteroatoms. The van der Waals surface area contributed by atoms with Crippen LogP contribution in [0.15, 0.2) is 34.6 Å². The number of ether oxygens (including phenoxy) is 2. The highest BCUT2D eigenvalue weighted by atomic mass is 127. The van der Waals surface area contributed by atoms with Crippen molar-refractivity contribution in [2.24, 2.45) is 4.99 Å². The summed E-state index contributed by atoms with van der Waals surface area (Å²) in [6.45, 7) is 6.09. The molecule has 0 bridgehead atoms. The molecule has 2 N–H and O–H groups in total. The van der Waals surface area contributed by atoms with E-state index in [1.807, 2.05) is 24.3 Å². The molecule has 0 radical (unpaired) electrons. The number of hydrogen-bond donors (Lipinski definition) is 2. The van der Waals surface area contributed by atoms with E-state index in [2.05, 4.69) is 39.8 Å². The fraction of sp³-hybridized carbons (Fsp3) is 0.444. The van der Waals surface area contributed by atoms with Crippen molar-refractivity contribution in [2.75, 3.05) is 20.2 Å². The van der Waals surface area contributed by atoms with Gasteiger partial charge in [0.25, 0.3) is 0 Å². The Kier molecular flexibility index (Phi) is 7.95. The van der Waals surface area contributed by atoms with E-state index in [1.54, 1.807) is 18.4 Å². The monoisotopic (exact) mass is 488 g/mol. The number of aromatic nitrogens is 1. The molecule has 0 saturated heterocycles. The van der Waals surface area contributed by atoms with E-state index in [4.69, 9.17) is 9.47 Å². The van der Waals surface area contributed by atoms with Crippen molar-refractivity contribution >= 4 is 41.3 Å². The second kappa shape index (κ2) is 9.96. The molecule has 1 atom stereocenters. The molecule has 142 valence electrons. The van der Waals surface area contributed by atoms with Gasteiger partial charge in [-0.15, -0.1) is 35.3 Å². The number of thiazole rings is 1. The molecule has 1 aliphatic rings. The first kappa shape index (κ1) is 20.8. The zero-order valence-electron chi connectivity index (χ0n) is 15.2. The Morgan fingerprint density at radius 3 is 2.77 bits per heavy atom. The summed E-state index contributed by atoms with van der Waals surface area (Å²) in [5.41, 5.74) is 1.03. The smallest absolute Gasteiger partial charge is 0.191 e. The van der Waals surface area contributed by atoms with Gasteiger partial charge < -0.3 is 20.1 Å². The summed E-state index contributed by atoms with van der Waals surface area (Å²) in [6.07, 6.45) is -0.0553. The molecule has 1 aromatic carbocycles. The molecule has 0 saturated carbocycles. The van der Waals surface area contributed by atoms with Crippen molar-refractivity contribution in [1.29, 1.82) is 0 Å². The topological polar surface area (TPSA) is 67.8 Å². The summed E-state index contributed by atoms with van der Waals surface area (Å²) in [4.78, 5) is 8.87. The van der Waals surface area contributed by atoms with Crippen molar-refractivity contribution in [2.45, 2.75) is 32.4 Å². The Labute approximate surface area is 175 Å². The fourth-order valence-corrected chi connectivity index (χ4v) is 3.27. The summed E-state index contributed by atoms with van der Waals surface area (Å²) in [5.74, 6) is 2.77. The highest BCUT2D eigenvalue weighted by Crippen LogP contribution is 2.30. The van der Waals surface area contributed by atoms with Crippen molar-refractivity contribution in [3.63, 3.8) is 0 Å². The molecule has 1 aliphatic heterocycles. The first-order chi connectivity index (χ1) is 12.2. The Morgan fingerprint density at radius 1 is 1.31 bits per heavy atom. The van der Waals surface area contributed by atoms with E-state index < -0.39 is 0 Å². The minimum atomic E-state index is -0.0553. The lowest BCUT2D eigenvalue weighted by Crippen LogP contribution is -2.45.